The highest BCUT2D eigenvalue weighted by Crippen LogP contribution is 2.32. The lowest BCUT2D eigenvalue weighted by molar-refractivity contribution is -0.127. The molecule has 1 unspecified atom stereocenters. The van der Waals surface area contributed by atoms with Crippen molar-refractivity contribution in [2.24, 2.45) is 0 Å². The Morgan fingerprint density at radius 2 is 1.93 bits per heavy atom. The lowest BCUT2D eigenvalue weighted by Gasteiger charge is -2.20. The van der Waals surface area contributed by atoms with Crippen molar-refractivity contribution in [1.29, 1.82) is 0 Å². The summed E-state index contributed by atoms with van der Waals surface area (Å²) < 4.78 is 5.50. The van der Waals surface area contributed by atoms with Crippen molar-refractivity contribution in [2.75, 3.05) is 6.54 Å². The number of likely N-dealkylation sites (tertiary alicyclic amines) is 1. The summed E-state index contributed by atoms with van der Waals surface area (Å²) in [4.78, 5) is 19.0. The largest absolute Gasteiger partial charge is 0.337 e. The fourth-order valence-corrected chi connectivity index (χ4v) is 3.31. The molecule has 0 N–H and O–H groups in total. The Balaban J connectivity index is 1.50. The molecule has 1 atom stereocenters. The molecular formula is C22H21N3O2. The first-order valence-corrected chi connectivity index (χ1v) is 9.15. The van der Waals surface area contributed by atoms with Crippen LogP contribution in [0.3, 0.4) is 0 Å². The molecule has 1 fully saturated rings. The summed E-state index contributed by atoms with van der Waals surface area (Å²) >= 11 is 0. The molecule has 1 aliphatic rings. The number of hydrogen-bond donors (Lipinski definition) is 0. The van der Waals surface area contributed by atoms with Crippen LogP contribution in [0.2, 0.25) is 0 Å². The predicted octanol–water partition coefficient (Wildman–Crippen LogP) is 4.42. The predicted molar refractivity (Wildman–Crippen MR) is 104 cm³/mol. The molecule has 0 bridgehead atoms. The highest BCUT2D eigenvalue weighted by molar-refractivity contribution is 5.92. The third-order valence-electron chi connectivity index (χ3n) is 4.79. The highest BCUT2D eigenvalue weighted by atomic mass is 16.5. The van der Waals surface area contributed by atoms with Gasteiger partial charge in [0.15, 0.2) is 0 Å². The molecule has 2 aromatic carbocycles. The van der Waals surface area contributed by atoms with Gasteiger partial charge < -0.3 is 9.42 Å². The molecule has 136 valence electrons. The van der Waals surface area contributed by atoms with Crippen molar-refractivity contribution in [1.82, 2.24) is 15.0 Å². The van der Waals surface area contributed by atoms with Crippen LogP contribution in [0.25, 0.3) is 17.5 Å². The summed E-state index contributed by atoms with van der Waals surface area (Å²) in [6.07, 6.45) is 5.21. The second-order valence-corrected chi connectivity index (χ2v) is 6.76. The molecule has 0 radical (unpaired) electrons. The molecule has 3 aromatic rings. The highest BCUT2D eigenvalue weighted by Gasteiger charge is 2.33. The maximum Gasteiger partial charge on any atom is 0.249 e. The maximum absolute atomic E-state index is 12.7. The minimum absolute atomic E-state index is 0.0311. The SMILES string of the molecule is Cc1ccc(-c2noc(C3CCCN3C(=O)C=Cc3ccccc3)n2)cc1. The Kier molecular flexibility index (Phi) is 4.83. The Labute approximate surface area is 158 Å². The van der Waals surface area contributed by atoms with Gasteiger partial charge in [0.05, 0.1) is 0 Å². The van der Waals surface area contributed by atoms with E-state index in [2.05, 4.69) is 10.1 Å². The van der Waals surface area contributed by atoms with E-state index in [1.54, 1.807) is 6.08 Å². The Morgan fingerprint density at radius 1 is 1.15 bits per heavy atom. The first-order chi connectivity index (χ1) is 13.2. The fraction of sp³-hybridized carbons (Fsp3) is 0.227. The Bertz CT molecular complexity index is 945. The second kappa shape index (κ2) is 7.58. The monoisotopic (exact) mass is 359 g/mol. The molecule has 1 amide bonds. The van der Waals surface area contributed by atoms with E-state index in [1.165, 1.54) is 5.56 Å². The van der Waals surface area contributed by atoms with Gasteiger partial charge in [0.25, 0.3) is 0 Å². The molecule has 27 heavy (non-hydrogen) atoms. The van der Waals surface area contributed by atoms with E-state index >= 15 is 0 Å². The number of hydrogen-bond acceptors (Lipinski definition) is 4. The van der Waals surface area contributed by atoms with E-state index in [-0.39, 0.29) is 11.9 Å². The number of aryl methyl sites for hydroxylation is 1. The second-order valence-electron chi connectivity index (χ2n) is 6.76. The molecule has 1 saturated heterocycles. The minimum Gasteiger partial charge on any atom is -0.337 e. The number of benzene rings is 2. The van der Waals surface area contributed by atoms with Crippen LogP contribution in [0, 0.1) is 6.92 Å². The average Bonchev–Trinajstić information content (AvgIpc) is 3.37. The van der Waals surface area contributed by atoms with Crippen LogP contribution in [0.1, 0.15) is 35.9 Å². The average molecular weight is 359 g/mol. The third-order valence-corrected chi connectivity index (χ3v) is 4.79. The molecule has 5 nitrogen and oxygen atoms in total. The van der Waals surface area contributed by atoms with E-state index in [4.69, 9.17) is 4.52 Å². The summed E-state index contributed by atoms with van der Waals surface area (Å²) in [6.45, 7) is 2.74. The van der Waals surface area contributed by atoms with Gasteiger partial charge in [-0.2, -0.15) is 4.98 Å². The van der Waals surface area contributed by atoms with Crippen LogP contribution in [0.15, 0.2) is 65.2 Å². The first kappa shape index (κ1) is 17.2. The molecule has 2 heterocycles. The summed E-state index contributed by atoms with van der Waals surface area (Å²) in [5.41, 5.74) is 3.09. The molecular weight excluding hydrogens is 338 g/mol. The molecule has 0 saturated carbocycles. The molecule has 1 aliphatic heterocycles. The van der Waals surface area contributed by atoms with Crippen molar-refractivity contribution in [3.63, 3.8) is 0 Å². The topological polar surface area (TPSA) is 59.2 Å². The smallest absolute Gasteiger partial charge is 0.249 e. The van der Waals surface area contributed by atoms with Gasteiger partial charge >= 0.3 is 0 Å². The Hall–Kier alpha value is -3.21. The van der Waals surface area contributed by atoms with E-state index in [9.17, 15) is 4.79 Å². The molecule has 4 rings (SSSR count). The number of rotatable bonds is 4. The maximum atomic E-state index is 12.7. The van der Waals surface area contributed by atoms with E-state index in [1.807, 2.05) is 72.5 Å². The first-order valence-electron chi connectivity index (χ1n) is 9.15. The number of carbonyl (C=O) groups is 1. The zero-order valence-electron chi connectivity index (χ0n) is 15.2. The number of nitrogens with zero attached hydrogens (tertiary/aromatic N) is 3. The van der Waals surface area contributed by atoms with Gasteiger partial charge in [-0.25, -0.2) is 0 Å². The lowest BCUT2D eigenvalue weighted by atomic mass is 10.1. The summed E-state index contributed by atoms with van der Waals surface area (Å²) in [7, 11) is 0. The molecule has 1 aromatic heterocycles. The number of carbonyl (C=O) groups excluding carboxylic acids is 1. The molecule has 5 heteroatoms. The van der Waals surface area contributed by atoms with E-state index in [0.717, 1.165) is 24.0 Å². The normalized spacial score (nSPS) is 16.9. The summed E-state index contributed by atoms with van der Waals surface area (Å²) in [5.74, 6) is 1.03. The zero-order chi connectivity index (χ0) is 18.6. The number of amides is 1. The van der Waals surface area contributed by atoms with Gasteiger partial charge in [0.1, 0.15) is 6.04 Å². The molecule has 0 aliphatic carbocycles. The summed E-state index contributed by atoms with van der Waals surface area (Å²) in [6, 6.07) is 17.6. The number of aromatic nitrogens is 2. The Morgan fingerprint density at radius 3 is 2.70 bits per heavy atom. The van der Waals surface area contributed by atoms with Gasteiger partial charge in [-0.1, -0.05) is 65.3 Å². The van der Waals surface area contributed by atoms with Crippen molar-refractivity contribution in [3.8, 4) is 11.4 Å². The van der Waals surface area contributed by atoms with Crippen LogP contribution < -0.4 is 0 Å². The standard InChI is InChI=1S/C22H21N3O2/c1-16-9-12-18(13-10-16)21-23-22(27-24-21)19-8-5-15-25(19)20(26)14-11-17-6-3-2-4-7-17/h2-4,6-7,9-14,19H,5,8,15H2,1H3. The van der Waals surface area contributed by atoms with Crippen molar-refractivity contribution < 1.29 is 9.32 Å². The van der Waals surface area contributed by atoms with Crippen molar-refractivity contribution in [2.45, 2.75) is 25.8 Å². The van der Waals surface area contributed by atoms with Gasteiger partial charge in [-0.05, 0) is 31.4 Å². The zero-order valence-corrected chi connectivity index (χ0v) is 15.2. The fourth-order valence-electron chi connectivity index (χ4n) is 3.31. The van der Waals surface area contributed by atoms with Crippen LogP contribution >= 0.6 is 0 Å². The van der Waals surface area contributed by atoms with Gasteiger partial charge in [0.2, 0.25) is 17.6 Å². The van der Waals surface area contributed by atoms with E-state index in [0.29, 0.717) is 18.3 Å². The van der Waals surface area contributed by atoms with Gasteiger partial charge in [0, 0.05) is 18.2 Å². The minimum atomic E-state index is -0.162. The lowest BCUT2D eigenvalue weighted by Crippen LogP contribution is -2.29. The van der Waals surface area contributed by atoms with Crippen LogP contribution in [0.4, 0.5) is 0 Å². The molecule has 0 spiro atoms. The quantitative estimate of drug-likeness (QED) is 0.647. The van der Waals surface area contributed by atoms with E-state index < -0.39 is 0 Å². The van der Waals surface area contributed by atoms with Crippen LogP contribution in [0.5, 0.6) is 0 Å². The van der Waals surface area contributed by atoms with Crippen molar-refractivity contribution in [3.05, 3.63) is 77.7 Å². The third kappa shape index (κ3) is 3.82. The van der Waals surface area contributed by atoms with Crippen molar-refractivity contribution >= 4 is 12.0 Å². The van der Waals surface area contributed by atoms with Crippen LogP contribution in [-0.2, 0) is 4.79 Å². The summed E-state index contributed by atoms with van der Waals surface area (Å²) in [5, 5.41) is 4.11. The van der Waals surface area contributed by atoms with Gasteiger partial charge in [-0.3, -0.25) is 4.79 Å². The van der Waals surface area contributed by atoms with Crippen LogP contribution in [-0.4, -0.2) is 27.5 Å². The van der Waals surface area contributed by atoms with Gasteiger partial charge in [-0.15, -0.1) is 0 Å².